The van der Waals surface area contributed by atoms with Crippen LogP contribution in [-0.2, 0) is 7.05 Å². The molecule has 3 aromatic heterocycles. The molecule has 1 fully saturated rings. The Bertz CT molecular complexity index is 1170. The Kier molecular flexibility index (Phi) is 3.78. The summed E-state index contributed by atoms with van der Waals surface area (Å²) in [6.45, 7) is 4.17. The third kappa shape index (κ3) is 2.64. The molecule has 0 bridgehead atoms. The standard InChI is InChI=1S/C24H25N2O/c1-15-8-10-19-20-11-9-16(2)25-24(20)27-23(19)22(15)21-14-18(12-13-26(21)3)17-6-4-5-7-17/h8-14,17H,4-7H2,1-3H3/q+1. The Hall–Kier alpha value is -2.68. The molecule has 1 aliphatic carbocycles. The number of hydrogen-bond acceptors (Lipinski definition) is 2. The van der Waals surface area contributed by atoms with Gasteiger partial charge in [-0.2, -0.15) is 0 Å². The van der Waals surface area contributed by atoms with Gasteiger partial charge in [0.15, 0.2) is 11.8 Å². The highest BCUT2D eigenvalue weighted by Crippen LogP contribution is 2.39. The molecular weight excluding hydrogens is 332 g/mol. The van der Waals surface area contributed by atoms with Crippen LogP contribution in [0.4, 0.5) is 0 Å². The first-order valence-electron chi connectivity index (χ1n) is 9.91. The molecule has 0 atom stereocenters. The van der Waals surface area contributed by atoms with E-state index in [2.05, 4.69) is 66.1 Å². The molecule has 3 heteroatoms. The number of furan rings is 1. The zero-order chi connectivity index (χ0) is 18.5. The Balaban J connectivity index is 1.78. The number of aromatic nitrogens is 2. The van der Waals surface area contributed by atoms with Crippen LogP contribution in [-0.4, -0.2) is 4.98 Å². The molecule has 5 rings (SSSR count). The van der Waals surface area contributed by atoms with Crippen molar-refractivity contribution in [1.29, 1.82) is 0 Å². The Morgan fingerprint density at radius 2 is 1.78 bits per heavy atom. The molecule has 0 N–H and O–H groups in total. The number of aryl methyl sites for hydroxylation is 3. The summed E-state index contributed by atoms with van der Waals surface area (Å²) in [5, 5.41) is 2.23. The maximum atomic E-state index is 6.30. The molecule has 4 aromatic rings. The van der Waals surface area contributed by atoms with Crippen LogP contribution in [0.5, 0.6) is 0 Å². The van der Waals surface area contributed by atoms with Crippen molar-refractivity contribution in [2.75, 3.05) is 0 Å². The fraction of sp³-hybridized carbons (Fsp3) is 0.333. The summed E-state index contributed by atoms with van der Waals surface area (Å²) in [4.78, 5) is 4.61. The number of hydrogen-bond donors (Lipinski definition) is 0. The van der Waals surface area contributed by atoms with Crippen LogP contribution < -0.4 is 4.57 Å². The fourth-order valence-electron chi connectivity index (χ4n) is 4.58. The number of fused-ring (bicyclic) bond motifs is 3. The molecule has 0 aliphatic heterocycles. The van der Waals surface area contributed by atoms with E-state index in [9.17, 15) is 0 Å². The minimum Gasteiger partial charge on any atom is -0.437 e. The Morgan fingerprint density at radius 1 is 1.00 bits per heavy atom. The maximum Gasteiger partial charge on any atom is 0.227 e. The molecule has 0 amide bonds. The van der Waals surface area contributed by atoms with Crippen molar-refractivity contribution >= 4 is 22.1 Å². The fourth-order valence-corrected chi connectivity index (χ4v) is 4.58. The molecule has 1 saturated carbocycles. The average molecular weight is 357 g/mol. The highest BCUT2D eigenvalue weighted by Gasteiger charge is 2.24. The zero-order valence-corrected chi connectivity index (χ0v) is 16.2. The summed E-state index contributed by atoms with van der Waals surface area (Å²) in [5.74, 6) is 0.699. The molecule has 0 saturated heterocycles. The largest absolute Gasteiger partial charge is 0.437 e. The number of pyridine rings is 2. The lowest BCUT2D eigenvalue weighted by Crippen LogP contribution is -2.31. The molecule has 1 aromatic carbocycles. The summed E-state index contributed by atoms with van der Waals surface area (Å²) in [5.41, 5.74) is 7.76. The van der Waals surface area contributed by atoms with Crippen molar-refractivity contribution in [1.82, 2.24) is 4.98 Å². The van der Waals surface area contributed by atoms with E-state index >= 15 is 0 Å². The van der Waals surface area contributed by atoms with Crippen molar-refractivity contribution < 1.29 is 8.98 Å². The van der Waals surface area contributed by atoms with Gasteiger partial charge in [0.2, 0.25) is 11.4 Å². The van der Waals surface area contributed by atoms with Gasteiger partial charge >= 0.3 is 0 Å². The highest BCUT2D eigenvalue weighted by molar-refractivity contribution is 6.08. The second-order valence-corrected chi connectivity index (χ2v) is 7.98. The number of benzene rings is 1. The first kappa shape index (κ1) is 16.5. The summed E-state index contributed by atoms with van der Waals surface area (Å²) < 4.78 is 8.51. The normalized spacial score (nSPS) is 15.2. The van der Waals surface area contributed by atoms with Crippen LogP contribution in [0, 0.1) is 13.8 Å². The van der Waals surface area contributed by atoms with Crippen LogP contribution in [0.1, 0.15) is 48.4 Å². The molecule has 1 aliphatic rings. The summed E-state index contributed by atoms with van der Waals surface area (Å²) in [6.07, 6.45) is 7.52. The predicted molar refractivity (Wildman–Crippen MR) is 109 cm³/mol. The lowest BCUT2D eigenvalue weighted by molar-refractivity contribution is -0.660. The minimum atomic E-state index is 0.699. The van der Waals surface area contributed by atoms with E-state index in [-0.39, 0.29) is 0 Å². The zero-order valence-electron chi connectivity index (χ0n) is 16.2. The van der Waals surface area contributed by atoms with E-state index in [0.29, 0.717) is 5.92 Å². The molecule has 0 spiro atoms. The predicted octanol–water partition coefficient (Wildman–Crippen LogP) is 5.75. The topological polar surface area (TPSA) is 29.9 Å². The van der Waals surface area contributed by atoms with Crippen molar-refractivity contribution in [2.24, 2.45) is 7.05 Å². The van der Waals surface area contributed by atoms with Gasteiger partial charge in [-0.1, -0.05) is 25.0 Å². The molecule has 3 nitrogen and oxygen atoms in total. The first-order valence-corrected chi connectivity index (χ1v) is 9.91. The second-order valence-electron chi connectivity index (χ2n) is 7.98. The van der Waals surface area contributed by atoms with Crippen molar-refractivity contribution in [2.45, 2.75) is 45.4 Å². The third-order valence-electron chi connectivity index (χ3n) is 6.11. The van der Waals surface area contributed by atoms with E-state index in [4.69, 9.17) is 4.42 Å². The minimum absolute atomic E-state index is 0.699. The van der Waals surface area contributed by atoms with Crippen molar-refractivity contribution in [3.8, 4) is 11.3 Å². The van der Waals surface area contributed by atoms with Gasteiger partial charge in [0.25, 0.3) is 0 Å². The quantitative estimate of drug-likeness (QED) is 0.428. The van der Waals surface area contributed by atoms with Gasteiger partial charge in [-0.15, -0.1) is 0 Å². The summed E-state index contributed by atoms with van der Waals surface area (Å²) >= 11 is 0. The lowest BCUT2D eigenvalue weighted by atomic mass is 9.94. The average Bonchev–Trinajstić information content (AvgIpc) is 3.30. The molecule has 3 heterocycles. The van der Waals surface area contributed by atoms with Gasteiger partial charge in [0.05, 0.1) is 5.56 Å². The van der Waals surface area contributed by atoms with E-state index in [0.717, 1.165) is 27.8 Å². The first-order chi connectivity index (χ1) is 13.1. The highest BCUT2D eigenvalue weighted by atomic mass is 16.3. The third-order valence-corrected chi connectivity index (χ3v) is 6.11. The Labute approximate surface area is 159 Å². The van der Waals surface area contributed by atoms with Crippen LogP contribution in [0.2, 0.25) is 0 Å². The van der Waals surface area contributed by atoms with Crippen molar-refractivity contribution in [3.63, 3.8) is 0 Å². The molecular formula is C24H25N2O+. The monoisotopic (exact) mass is 357 g/mol. The molecule has 0 unspecified atom stereocenters. The van der Waals surface area contributed by atoms with Gasteiger partial charge in [-0.3, -0.25) is 0 Å². The van der Waals surface area contributed by atoms with Crippen LogP contribution in [0.15, 0.2) is 47.0 Å². The van der Waals surface area contributed by atoms with Crippen LogP contribution in [0.25, 0.3) is 33.3 Å². The summed E-state index contributed by atoms with van der Waals surface area (Å²) in [6, 6.07) is 13.2. The molecule has 0 radical (unpaired) electrons. The molecule has 136 valence electrons. The van der Waals surface area contributed by atoms with Gasteiger partial charge < -0.3 is 4.42 Å². The Morgan fingerprint density at radius 3 is 2.59 bits per heavy atom. The van der Waals surface area contributed by atoms with Crippen molar-refractivity contribution in [3.05, 3.63) is 59.4 Å². The maximum absolute atomic E-state index is 6.30. The van der Waals surface area contributed by atoms with E-state index in [1.165, 1.54) is 48.1 Å². The lowest BCUT2D eigenvalue weighted by Gasteiger charge is -2.11. The van der Waals surface area contributed by atoms with E-state index in [1.54, 1.807) is 0 Å². The van der Waals surface area contributed by atoms with E-state index in [1.807, 2.05) is 6.92 Å². The molecule has 27 heavy (non-hydrogen) atoms. The van der Waals surface area contributed by atoms with Crippen LogP contribution in [0.3, 0.4) is 0 Å². The van der Waals surface area contributed by atoms with Crippen LogP contribution >= 0.6 is 0 Å². The van der Waals surface area contributed by atoms with Gasteiger partial charge in [-0.25, -0.2) is 9.55 Å². The number of nitrogens with zero attached hydrogens (tertiary/aromatic N) is 2. The van der Waals surface area contributed by atoms with Gasteiger partial charge in [0.1, 0.15) is 7.05 Å². The summed E-state index contributed by atoms with van der Waals surface area (Å²) in [7, 11) is 2.12. The smallest absolute Gasteiger partial charge is 0.227 e. The number of rotatable bonds is 2. The van der Waals surface area contributed by atoms with E-state index < -0.39 is 0 Å². The van der Waals surface area contributed by atoms with Gasteiger partial charge in [-0.05, 0) is 55.9 Å². The van der Waals surface area contributed by atoms with Gasteiger partial charge in [0, 0.05) is 28.6 Å². The second kappa shape index (κ2) is 6.19. The SMILES string of the molecule is Cc1ccc2c(n1)oc1c(-c3cc(C4CCCC4)cc[n+]3C)c(C)ccc12.